The monoisotopic (exact) mass is 434 g/mol. The van der Waals surface area contributed by atoms with E-state index in [9.17, 15) is 4.39 Å². The first kappa shape index (κ1) is 22.4. The summed E-state index contributed by atoms with van der Waals surface area (Å²) in [5, 5.41) is 0.284. The minimum atomic E-state index is -0.381. The van der Waals surface area contributed by atoms with E-state index in [1.807, 2.05) is 13.0 Å². The van der Waals surface area contributed by atoms with Gasteiger partial charge in [0, 0.05) is 0 Å². The van der Waals surface area contributed by atoms with Crippen LogP contribution in [0.4, 0.5) is 4.39 Å². The smallest absolute Gasteiger partial charge is 0.183 e. The molecule has 0 atom stereocenters. The molecule has 0 saturated heterocycles. The first-order valence-corrected chi connectivity index (χ1v) is 13.0. The van der Waals surface area contributed by atoms with Crippen molar-refractivity contribution >= 4 is 11.6 Å². The summed E-state index contributed by atoms with van der Waals surface area (Å²) in [6.45, 7) is 4.75. The molecule has 3 fully saturated rings. The van der Waals surface area contributed by atoms with Gasteiger partial charge in [-0.3, -0.25) is 0 Å². The fourth-order valence-electron chi connectivity index (χ4n) is 6.88. The van der Waals surface area contributed by atoms with Crippen molar-refractivity contribution in [1.29, 1.82) is 0 Å². The highest BCUT2D eigenvalue weighted by atomic mass is 35.5. The Morgan fingerprint density at radius 3 is 1.77 bits per heavy atom. The Bertz CT molecular complexity index is 680. The summed E-state index contributed by atoms with van der Waals surface area (Å²) < 4.78 is 19.9. The van der Waals surface area contributed by atoms with Gasteiger partial charge < -0.3 is 4.74 Å². The number of rotatable bonds is 5. The number of hydrogen-bond donors (Lipinski definition) is 0. The molecule has 0 bridgehead atoms. The van der Waals surface area contributed by atoms with Gasteiger partial charge in [-0.05, 0) is 118 Å². The van der Waals surface area contributed by atoms with Crippen LogP contribution in [0.15, 0.2) is 12.1 Å². The Morgan fingerprint density at radius 2 is 1.27 bits per heavy atom. The highest BCUT2D eigenvalue weighted by Crippen LogP contribution is 2.48. The summed E-state index contributed by atoms with van der Waals surface area (Å²) in [4.78, 5) is 0. The zero-order chi connectivity index (χ0) is 21.1. The van der Waals surface area contributed by atoms with E-state index in [0.29, 0.717) is 12.5 Å². The van der Waals surface area contributed by atoms with Crippen molar-refractivity contribution in [1.82, 2.24) is 0 Å². The van der Waals surface area contributed by atoms with E-state index in [0.717, 1.165) is 48.0 Å². The number of ether oxygens (including phenoxy) is 1. The fraction of sp³-hybridized carbons (Fsp3) is 0.778. The predicted molar refractivity (Wildman–Crippen MR) is 124 cm³/mol. The van der Waals surface area contributed by atoms with Crippen LogP contribution in [0, 0.1) is 35.4 Å². The van der Waals surface area contributed by atoms with Crippen LogP contribution >= 0.6 is 11.6 Å². The van der Waals surface area contributed by atoms with E-state index in [-0.39, 0.29) is 16.6 Å². The second-order valence-corrected chi connectivity index (χ2v) is 10.9. The normalized spacial score (nSPS) is 35.2. The Kier molecular flexibility index (Phi) is 7.66. The molecule has 0 spiro atoms. The summed E-state index contributed by atoms with van der Waals surface area (Å²) in [5.41, 5.74) is 0.992. The van der Waals surface area contributed by atoms with Gasteiger partial charge in [-0.2, -0.15) is 0 Å². The number of hydrogen-bond acceptors (Lipinski definition) is 1. The average Bonchev–Trinajstić information content (AvgIpc) is 2.78. The lowest BCUT2D eigenvalue weighted by Gasteiger charge is -2.41. The molecule has 3 aliphatic carbocycles. The number of halogens is 2. The molecule has 0 aromatic heterocycles. The van der Waals surface area contributed by atoms with Crippen molar-refractivity contribution in [2.24, 2.45) is 29.6 Å². The highest BCUT2D eigenvalue weighted by Gasteiger charge is 2.35. The molecule has 3 saturated carbocycles. The van der Waals surface area contributed by atoms with Crippen LogP contribution in [0.1, 0.15) is 102 Å². The maximum Gasteiger partial charge on any atom is 0.183 e. The van der Waals surface area contributed by atoms with Gasteiger partial charge in [-0.15, -0.1) is 0 Å². The molecule has 0 aliphatic heterocycles. The standard InChI is InChI=1S/C27H40ClFO/c1-3-30-25-17-16-24(26(28)27(25)29)23-14-12-22(13-15-23)21-10-8-20(9-11-21)19-6-4-18(2)5-7-19/h16-23H,3-15H2,1-2H3. The molecule has 0 N–H and O–H groups in total. The van der Waals surface area contributed by atoms with Gasteiger partial charge in [0.1, 0.15) is 0 Å². The first-order chi connectivity index (χ1) is 14.6. The molecule has 1 nitrogen and oxygen atoms in total. The van der Waals surface area contributed by atoms with Crippen molar-refractivity contribution < 1.29 is 9.13 Å². The van der Waals surface area contributed by atoms with Crippen molar-refractivity contribution in [3.63, 3.8) is 0 Å². The Labute approximate surface area is 188 Å². The molecule has 30 heavy (non-hydrogen) atoms. The van der Waals surface area contributed by atoms with Crippen LogP contribution < -0.4 is 4.74 Å². The molecule has 168 valence electrons. The molecule has 1 aromatic carbocycles. The molecule has 0 amide bonds. The van der Waals surface area contributed by atoms with Gasteiger partial charge >= 0.3 is 0 Å². The van der Waals surface area contributed by atoms with Crippen molar-refractivity contribution in [3.8, 4) is 5.75 Å². The summed E-state index contributed by atoms with van der Waals surface area (Å²) in [6.07, 6.45) is 16.6. The van der Waals surface area contributed by atoms with Gasteiger partial charge in [-0.25, -0.2) is 4.39 Å². The third kappa shape index (κ3) is 5.00. The molecule has 3 aliphatic rings. The van der Waals surface area contributed by atoms with E-state index >= 15 is 0 Å². The first-order valence-electron chi connectivity index (χ1n) is 12.7. The summed E-state index contributed by atoms with van der Waals surface area (Å²) in [7, 11) is 0. The van der Waals surface area contributed by atoms with Gasteiger partial charge in [0.25, 0.3) is 0 Å². The SMILES string of the molecule is CCOc1ccc(C2CCC(C3CCC(C4CCC(C)CC4)CC3)CC2)c(Cl)c1F. The van der Waals surface area contributed by atoms with Gasteiger partial charge in [-0.1, -0.05) is 37.4 Å². The van der Waals surface area contributed by atoms with Crippen LogP contribution in [0.3, 0.4) is 0 Å². The lowest BCUT2D eigenvalue weighted by Crippen LogP contribution is -2.29. The van der Waals surface area contributed by atoms with E-state index < -0.39 is 0 Å². The summed E-state index contributed by atoms with van der Waals surface area (Å²) >= 11 is 6.40. The average molecular weight is 435 g/mol. The quantitative estimate of drug-likeness (QED) is 0.449. The lowest BCUT2D eigenvalue weighted by atomic mass is 9.65. The number of benzene rings is 1. The van der Waals surface area contributed by atoms with Crippen LogP contribution in [0.25, 0.3) is 0 Å². The zero-order valence-electron chi connectivity index (χ0n) is 19.0. The van der Waals surface area contributed by atoms with Crippen LogP contribution in [0.2, 0.25) is 5.02 Å². The topological polar surface area (TPSA) is 9.23 Å². The molecule has 3 heteroatoms. The third-order valence-corrected chi connectivity index (χ3v) is 9.18. The summed E-state index contributed by atoms with van der Waals surface area (Å²) in [5.74, 6) is 5.10. The van der Waals surface area contributed by atoms with E-state index in [4.69, 9.17) is 16.3 Å². The van der Waals surface area contributed by atoms with E-state index in [1.54, 1.807) is 6.07 Å². The molecule has 0 unspecified atom stereocenters. The van der Waals surface area contributed by atoms with Gasteiger partial charge in [0.2, 0.25) is 0 Å². The molecule has 0 radical (unpaired) electrons. The predicted octanol–water partition coefficient (Wildman–Crippen LogP) is 8.78. The minimum Gasteiger partial charge on any atom is -0.491 e. The molecular formula is C27H40ClFO. The lowest BCUT2D eigenvalue weighted by molar-refractivity contribution is 0.112. The highest BCUT2D eigenvalue weighted by molar-refractivity contribution is 6.31. The van der Waals surface area contributed by atoms with Crippen molar-refractivity contribution in [2.75, 3.05) is 6.61 Å². The van der Waals surface area contributed by atoms with Crippen molar-refractivity contribution in [2.45, 2.75) is 96.8 Å². The van der Waals surface area contributed by atoms with Crippen LogP contribution in [0.5, 0.6) is 5.75 Å². The summed E-state index contributed by atoms with van der Waals surface area (Å²) in [6, 6.07) is 3.76. The second-order valence-electron chi connectivity index (χ2n) is 10.5. The zero-order valence-corrected chi connectivity index (χ0v) is 19.7. The molecular weight excluding hydrogens is 395 g/mol. The van der Waals surface area contributed by atoms with E-state index in [2.05, 4.69) is 6.92 Å². The molecule has 0 heterocycles. The second kappa shape index (κ2) is 10.2. The Morgan fingerprint density at radius 1 is 0.800 bits per heavy atom. The van der Waals surface area contributed by atoms with Gasteiger partial charge in [0.05, 0.1) is 11.6 Å². The Hall–Kier alpha value is -0.760. The maximum atomic E-state index is 14.5. The Balaban J connectivity index is 1.27. The third-order valence-electron chi connectivity index (χ3n) is 8.80. The fourth-order valence-corrected chi connectivity index (χ4v) is 7.19. The maximum absolute atomic E-state index is 14.5. The van der Waals surface area contributed by atoms with Crippen LogP contribution in [-0.4, -0.2) is 6.61 Å². The molecule has 1 aromatic rings. The van der Waals surface area contributed by atoms with Crippen molar-refractivity contribution in [3.05, 3.63) is 28.5 Å². The minimum absolute atomic E-state index is 0.282. The van der Waals surface area contributed by atoms with Crippen LogP contribution in [-0.2, 0) is 0 Å². The molecule has 4 rings (SSSR count). The largest absolute Gasteiger partial charge is 0.491 e. The van der Waals surface area contributed by atoms with Gasteiger partial charge in [0.15, 0.2) is 11.6 Å². The van der Waals surface area contributed by atoms with E-state index in [1.165, 1.54) is 64.2 Å².